The molecule has 0 bridgehead atoms. The van der Waals surface area contributed by atoms with E-state index in [1.165, 1.54) is 5.56 Å². The smallest absolute Gasteiger partial charge is 0.161 e. The van der Waals surface area contributed by atoms with Crippen molar-refractivity contribution in [3.05, 3.63) is 23.8 Å². The zero-order valence-corrected chi connectivity index (χ0v) is 12.4. The third-order valence-corrected chi connectivity index (χ3v) is 3.71. The molecule has 4 nitrogen and oxygen atoms in total. The van der Waals surface area contributed by atoms with Crippen LogP contribution in [0.5, 0.6) is 11.5 Å². The minimum Gasteiger partial charge on any atom is -0.493 e. The van der Waals surface area contributed by atoms with Crippen molar-refractivity contribution in [1.82, 2.24) is 0 Å². The van der Waals surface area contributed by atoms with Gasteiger partial charge in [0.25, 0.3) is 0 Å². The third-order valence-electron chi connectivity index (χ3n) is 3.71. The number of methoxy groups -OCH3 is 1. The van der Waals surface area contributed by atoms with E-state index in [-0.39, 0.29) is 12.1 Å². The predicted octanol–water partition coefficient (Wildman–Crippen LogP) is 2.53. The van der Waals surface area contributed by atoms with Crippen LogP contribution in [0, 0.1) is 0 Å². The molecule has 1 unspecified atom stereocenters. The lowest BCUT2D eigenvalue weighted by Gasteiger charge is -2.24. The summed E-state index contributed by atoms with van der Waals surface area (Å²) in [7, 11) is 1.67. The lowest BCUT2D eigenvalue weighted by atomic mass is 10.0. The number of nitrogens with two attached hydrogens (primary N) is 1. The molecule has 1 aliphatic heterocycles. The van der Waals surface area contributed by atoms with Gasteiger partial charge in [-0.25, -0.2) is 0 Å². The van der Waals surface area contributed by atoms with E-state index < -0.39 is 0 Å². The summed E-state index contributed by atoms with van der Waals surface area (Å²) < 4.78 is 16.8. The van der Waals surface area contributed by atoms with E-state index in [4.69, 9.17) is 19.9 Å². The summed E-state index contributed by atoms with van der Waals surface area (Å²) >= 11 is 0. The molecule has 1 aromatic rings. The fourth-order valence-corrected chi connectivity index (χ4v) is 2.36. The highest BCUT2D eigenvalue weighted by molar-refractivity contribution is 5.43. The Hall–Kier alpha value is -1.26. The first kappa shape index (κ1) is 15.1. The van der Waals surface area contributed by atoms with Gasteiger partial charge < -0.3 is 19.9 Å². The van der Waals surface area contributed by atoms with E-state index >= 15 is 0 Å². The molecule has 2 N–H and O–H groups in total. The van der Waals surface area contributed by atoms with Crippen LogP contribution in [-0.4, -0.2) is 32.5 Å². The van der Waals surface area contributed by atoms with Crippen LogP contribution in [0.1, 0.15) is 31.7 Å². The topological polar surface area (TPSA) is 53.7 Å². The van der Waals surface area contributed by atoms with Crippen LogP contribution in [0.2, 0.25) is 0 Å². The molecule has 0 amide bonds. The van der Waals surface area contributed by atoms with Crippen molar-refractivity contribution in [2.75, 3.05) is 20.3 Å². The molecule has 1 atom stereocenters. The van der Waals surface area contributed by atoms with Gasteiger partial charge in [-0.1, -0.05) is 13.0 Å². The molecule has 0 saturated carbocycles. The molecule has 0 radical (unpaired) electrons. The largest absolute Gasteiger partial charge is 0.493 e. The minimum atomic E-state index is 0.194. The Bertz CT molecular complexity index is 416. The van der Waals surface area contributed by atoms with Gasteiger partial charge in [0.2, 0.25) is 0 Å². The Labute approximate surface area is 121 Å². The highest BCUT2D eigenvalue weighted by Gasteiger charge is 2.17. The Kier molecular flexibility index (Phi) is 5.68. The maximum atomic E-state index is 6.09. The third kappa shape index (κ3) is 4.12. The van der Waals surface area contributed by atoms with Gasteiger partial charge in [-0.2, -0.15) is 0 Å². The second kappa shape index (κ2) is 7.50. The minimum absolute atomic E-state index is 0.194. The molecule has 1 fully saturated rings. The maximum Gasteiger partial charge on any atom is 0.161 e. The molecular weight excluding hydrogens is 254 g/mol. The zero-order chi connectivity index (χ0) is 14.4. The van der Waals surface area contributed by atoms with Crippen molar-refractivity contribution < 1.29 is 14.2 Å². The summed E-state index contributed by atoms with van der Waals surface area (Å²) in [6.07, 6.45) is 3.92. The lowest BCUT2D eigenvalue weighted by Crippen LogP contribution is -2.26. The predicted molar refractivity (Wildman–Crippen MR) is 79.4 cm³/mol. The molecule has 0 aromatic heterocycles. The highest BCUT2D eigenvalue weighted by atomic mass is 16.5. The van der Waals surface area contributed by atoms with E-state index in [9.17, 15) is 0 Å². The van der Waals surface area contributed by atoms with Gasteiger partial charge in [-0.15, -0.1) is 0 Å². The molecule has 0 aliphatic carbocycles. The van der Waals surface area contributed by atoms with Crippen molar-refractivity contribution in [2.45, 2.75) is 44.8 Å². The highest BCUT2D eigenvalue weighted by Crippen LogP contribution is 2.31. The average molecular weight is 279 g/mol. The van der Waals surface area contributed by atoms with Crippen LogP contribution in [0.25, 0.3) is 0 Å². The number of rotatable bonds is 6. The molecule has 0 spiro atoms. The van der Waals surface area contributed by atoms with Crippen LogP contribution in [0.3, 0.4) is 0 Å². The first-order chi connectivity index (χ1) is 9.72. The number of ether oxygens (including phenoxy) is 3. The van der Waals surface area contributed by atoms with E-state index in [1.54, 1.807) is 7.11 Å². The fourth-order valence-electron chi connectivity index (χ4n) is 2.36. The van der Waals surface area contributed by atoms with Crippen molar-refractivity contribution in [2.24, 2.45) is 5.73 Å². The number of hydrogen-bond acceptors (Lipinski definition) is 4. The fraction of sp³-hybridized carbons (Fsp3) is 0.625. The van der Waals surface area contributed by atoms with Crippen LogP contribution in [-0.2, 0) is 11.2 Å². The summed E-state index contributed by atoms with van der Waals surface area (Å²) in [5.41, 5.74) is 7.22. The van der Waals surface area contributed by atoms with Crippen LogP contribution >= 0.6 is 0 Å². The quantitative estimate of drug-likeness (QED) is 0.869. The van der Waals surface area contributed by atoms with Gasteiger partial charge in [-0.3, -0.25) is 0 Å². The molecule has 1 aliphatic rings. The van der Waals surface area contributed by atoms with Gasteiger partial charge in [0.1, 0.15) is 6.10 Å². The Morgan fingerprint density at radius 1 is 1.30 bits per heavy atom. The molecule has 20 heavy (non-hydrogen) atoms. The maximum absolute atomic E-state index is 6.09. The van der Waals surface area contributed by atoms with Gasteiger partial charge >= 0.3 is 0 Å². The van der Waals surface area contributed by atoms with Crippen molar-refractivity contribution in [3.8, 4) is 11.5 Å². The summed E-state index contributed by atoms with van der Waals surface area (Å²) in [6, 6.07) is 6.28. The van der Waals surface area contributed by atoms with E-state index in [2.05, 4.69) is 19.1 Å². The summed E-state index contributed by atoms with van der Waals surface area (Å²) in [5.74, 6) is 1.60. The van der Waals surface area contributed by atoms with Crippen LogP contribution in [0.4, 0.5) is 0 Å². The average Bonchev–Trinajstić information content (AvgIpc) is 2.48. The van der Waals surface area contributed by atoms with Crippen LogP contribution < -0.4 is 15.2 Å². The molecule has 112 valence electrons. The lowest BCUT2D eigenvalue weighted by molar-refractivity contribution is 0.0245. The summed E-state index contributed by atoms with van der Waals surface area (Å²) in [6.45, 7) is 3.65. The zero-order valence-electron chi connectivity index (χ0n) is 12.4. The first-order valence-corrected chi connectivity index (χ1v) is 7.39. The van der Waals surface area contributed by atoms with Gasteiger partial charge in [-0.05, 0) is 30.5 Å². The summed E-state index contributed by atoms with van der Waals surface area (Å²) in [4.78, 5) is 0. The second-order valence-electron chi connectivity index (χ2n) is 5.29. The molecule has 2 rings (SSSR count). The van der Waals surface area contributed by atoms with Gasteiger partial charge in [0.05, 0.1) is 20.3 Å². The van der Waals surface area contributed by atoms with Gasteiger partial charge in [0.15, 0.2) is 11.5 Å². The SMILES string of the molecule is CCC(N)Cc1ccc(OC)c(OC2CCOCC2)c1. The Morgan fingerprint density at radius 3 is 2.70 bits per heavy atom. The Morgan fingerprint density at radius 2 is 2.05 bits per heavy atom. The van der Waals surface area contributed by atoms with Crippen molar-refractivity contribution in [3.63, 3.8) is 0 Å². The second-order valence-corrected chi connectivity index (χ2v) is 5.29. The number of hydrogen-bond donors (Lipinski definition) is 1. The number of benzene rings is 1. The molecular formula is C16H25NO3. The van der Waals surface area contributed by atoms with E-state index in [0.717, 1.165) is 50.4 Å². The standard InChI is InChI=1S/C16H25NO3/c1-3-13(17)10-12-4-5-15(18-2)16(11-12)20-14-6-8-19-9-7-14/h4-5,11,13-14H,3,6-10,17H2,1-2H3. The Balaban J connectivity index is 2.09. The first-order valence-electron chi connectivity index (χ1n) is 7.39. The monoisotopic (exact) mass is 279 g/mol. The van der Waals surface area contributed by atoms with Crippen molar-refractivity contribution >= 4 is 0 Å². The van der Waals surface area contributed by atoms with Gasteiger partial charge in [0, 0.05) is 18.9 Å². The summed E-state index contributed by atoms with van der Waals surface area (Å²) in [5, 5.41) is 0. The molecule has 1 heterocycles. The van der Waals surface area contributed by atoms with Crippen LogP contribution in [0.15, 0.2) is 18.2 Å². The molecule has 1 saturated heterocycles. The molecule has 4 heteroatoms. The van der Waals surface area contributed by atoms with E-state index in [1.807, 2.05) is 6.07 Å². The van der Waals surface area contributed by atoms with Crippen molar-refractivity contribution in [1.29, 1.82) is 0 Å². The normalized spacial score (nSPS) is 17.8. The molecule has 1 aromatic carbocycles. The van der Waals surface area contributed by atoms with E-state index in [0.29, 0.717) is 0 Å².